The lowest BCUT2D eigenvalue weighted by Gasteiger charge is -1.78. The van der Waals surface area contributed by atoms with Crippen LogP contribution in [0.25, 0.3) is 0 Å². The molecule has 0 aromatic heterocycles. The van der Waals surface area contributed by atoms with E-state index in [1.54, 1.807) is 0 Å². The van der Waals surface area contributed by atoms with E-state index in [1.807, 2.05) is 6.26 Å². The second kappa shape index (κ2) is 5.95. The van der Waals surface area contributed by atoms with Crippen LogP contribution >= 0.6 is 11.9 Å². The summed E-state index contributed by atoms with van der Waals surface area (Å²) in [6.07, 6.45) is 2.99. The molecule has 0 aromatic carbocycles. The smallest absolute Gasteiger partial charge is 0.0607 e. The first-order valence-corrected chi connectivity index (χ1v) is 3.50. The topological polar surface area (TPSA) is 24.7 Å². The molecule has 0 N–H and O–H groups in total. The molecular formula is C4H10N2S. The summed E-state index contributed by atoms with van der Waals surface area (Å²) in [6, 6.07) is 0. The van der Waals surface area contributed by atoms with Crippen LogP contribution in [0.15, 0.2) is 9.63 Å². The van der Waals surface area contributed by atoms with E-state index >= 15 is 0 Å². The average molecular weight is 118 g/mol. The van der Waals surface area contributed by atoms with Gasteiger partial charge < -0.3 is 0 Å². The molecule has 0 aliphatic rings. The molecule has 0 saturated carbocycles. The van der Waals surface area contributed by atoms with Gasteiger partial charge in [-0.15, -0.1) is 4.52 Å². The fourth-order valence-electron chi connectivity index (χ4n) is 0.199. The summed E-state index contributed by atoms with van der Waals surface area (Å²) in [7, 11) is 0. The van der Waals surface area contributed by atoms with Gasteiger partial charge in [0, 0.05) is 6.26 Å². The van der Waals surface area contributed by atoms with Crippen LogP contribution in [-0.4, -0.2) is 12.8 Å². The van der Waals surface area contributed by atoms with Gasteiger partial charge in [-0.25, -0.2) is 0 Å². The summed E-state index contributed by atoms with van der Waals surface area (Å²) in [4.78, 5) is 0. The highest BCUT2D eigenvalue weighted by atomic mass is 32.2. The van der Waals surface area contributed by atoms with E-state index in [0.29, 0.717) is 0 Å². The fourth-order valence-corrected chi connectivity index (χ4v) is 0.396. The van der Waals surface area contributed by atoms with E-state index < -0.39 is 0 Å². The van der Waals surface area contributed by atoms with Crippen molar-refractivity contribution in [2.75, 3.05) is 12.8 Å². The minimum Gasteiger partial charge on any atom is -0.182 e. The Kier molecular flexibility index (Phi) is 5.91. The summed E-state index contributed by atoms with van der Waals surface area (Å²) >= 11 is 1.40. The highest BCUT2D eigenvalue weighted by molar-refractivity contribution is 7.97. The highest BCUT2D eigenvalue weighted by Crippen LogP contribution is 1.93. The van der Waals surface area contributed by atoms with Crippen LogP contribution in [0.3, 0.4) is 0 Å². The summed E-state index contributed by atoms with van der Waals surface area (Å²) in [5.41, 5.74) is 0. The van der Waals surface area contributed by atoms with E-state index in [-0.39, 0.29) is 0 Å². The number of hydrogen-bond donors (Lipinski definition) is 0. The molecule has 0 unspecified atom stereocenters. The van der Waals surface area contributed by atoms with E-state index in [4.69, 9.17) is 0 Å². The van der Waals surface area contributed by atoms with Gasteiger partial charge in [-0.2, -0.15) is 5.11 Å². The summed E-state index contributed by atoms with van der Waals surface area (Å²) in [5, 5.41) is 3.80. The Morgan fingerprint density at radius 2 is 2.29 bits per heavy atom. The maximum Gasteiger partial charge on any atom is 0.0607 e. The second-order valence-electron chi connectivity index (χ2n) is 1.13. The molecule has 3 heteroatoms. The van der Waals surface area contributed by atoms with Crippen molar-refractivity contribution in [2.24, 2.45) is 9.63 Å². The minimum atomic E-state index is 0.862. The van der Waals surface area contributed by atoms with Crippen LogP contribution in [0.5, 0.6) is 0 Å². The molecule has 0 bridgehead atoms. The summed E-state index contributed by atoms with van der Waals surface area (Å²) in [6.45, 7) is 2.94. The van der Waals surface area contributed by atoms with E-state index in [9.17, 15) is 0 Å². The van der Waals surface area contributed by atoms with Crippen molar-refractivity contribution < 1.29 is 0 Å². The highest BCUT2D eigenvalue weighted by Gasteiger charge is 1.69. The zero-order valence-electron chi connectivity index (χ0n) is 4.72. The quantitative estimate of drug-likeness (QED) is 0.411. The molecular weight excluding hydrogens is 108 g/mol. The Bertz CT molecular complexity index is 53.7. The Morgan fingerprint density at radius 3 is 2.71 bits per heavy atom. The van der Waals surface area contributed by atoms with Crippen LogP contribution in [0.4, 0.5) is 0 Å². The van der Waals surface area contributed by atoms with Gasteiger partial charge in [-0.3, -0.25) is 0 Å². The van der Waals surface area contributed by atoms with Gasteiger partial charge in [0.05, 0.1) is 6.54 Å². The van der Waals surface area contributed by atoms with Gasteiger partial charge >= 0.3 is 0 Å². The van der Waals surface area contributed by atoms with E-state index in [1.165, 1.54) is 11.9 Å². The predicted octanol–water partition coefficient (Wildman–Crippen LogP) is 2.13. The first-order chi connectivity index (χ1) is 3.41. The Balaban J connectivity index is 2.78. The second-order valence-corrected chi connectivity index (χ2v) is 1.66. The van der Waals surface area contributed by atoms with Crippen molar-refractivity contribution in [3.63, 3.8) is 0 Å². The van der Waals surface area contributed by atoms with Crippen molar-refractivity contribution in [3.8, 4) is 0 Å². The molecule has 0 saturated heterocycles. The SMILES string of the molecule is CCCN=NSC. The number of hydrogen-bond acceptors (Lipinski definition) is 3. The van der Waals surface area contributed by atoms with E-state index in [0.717, 1.165) is 13.0 Å². The van der Waals surface area contributed by atoms with Crippen LogP contribution in [-0.2, 0) is 0 Å². The van der Waals surface area contributed by atoms with Crippen LogP contribution in [0.2, 0.25) is 0 Å². The molecule has 0 rings (SSSR count). The number of rotatable bonds is 3. The molecule has 0 amide bonds. The maximum atomic E-state index is 3.80. The molecule has 0 heterocycles. The summed E-state index contributed by atoms with van der Waals surface area (Å²) < 4.78 is 3.70. The molecule has 0 radical (unpaired) electrons. The third kappa shape index (κ3) is 5.95. The molecule has 7 heavy (non-hydrogen) atoms. The lowest BCUT2D eigenvalue weighted by Crippen LogP contribution is -1.67. The van der Waals surface area contributed by atoms with Gasteiger partial charge in [0.15, 0.2) is 0 Å². The van der Waals surface area contributed by atoms with Crippen LogP contribution in [0.1, 0.15) is 13.3 Å². The molecule has 0 atom stereocenters. The standard InChI is InChI=1S/C4H10N2S/c1-3-4-5-6-7-2/h3-4H2,1-2H3. The lowest BCUT2D eigenvalue weighted by atomic mass is 10.5. The van der Waals surface area contributed by atoms with Gasteiger partial charge in [0.25, 0.3) is 0 Å². The maximum absolute atomic E-state index is 3.80. The first kappa shape index (κ1) is 6.95. The van der Waals surface area contributed by atoms with Crippen molar-refractivity contribution in [2.45, 2.75) is 13.3 Å². The molecule has 42 valence electrons. The van der Waals surface area contributed by atoms with Gasteiger partial charge in [-0.05, 0) is 18.4 Å². The average Bonchev–Trinajstić information content (AvgIpc) is 1.69. The lowest BCUT2D eigenvalue weighted by molar-refractivity contribution is 0.892. The Hall–Kier alpha value is -0.0500. The van der Waals surface area contributed by atoms with Crippen molar-refractivity contribution in [1.29, 1.82) is 0 Å². The summed E-state index contributed by atoms with van der Waals surface area (Å²) in [5.74, 6) is 0. The normalized spacial score (nSPS) is 10.6. The minimum absolute atomic E-state index is 0.862. The largest absolute Gasteiger partial charge is 0.182 e. The first-order valence-electron chi connectivity index (χ1n) is 2.31. The monoisotopic (exact) mass is 118 g/mol. The predicted molar refractivity (Wildman–Crippen MR) is 33.5 cm³/mol. The van der Waals surface area contributed by atoms with E-state index in [2.05, 4.69) is 16.6 Å². The third-order valence-electron chi connectivity index (χ3n) is 0.463. The third-order valence-corrected chi connectivity index (χ3v) is 0.742. The van der Waals surface area contributed by atoms with Gasteiger partial charge in [-0.1, -0.05) is 6.92 Å². The van der Waals surface area contributed by atoms with Gasteiger partial charge in [0.2, 0.25) is 0 Å². The Morgan fingerprint density at radius 1 is 1.57 bits per heavy atom. The molecule has 2 nitrogen and oxygen atoms in total. The van der Waals surface area contributed by atoms with Gasteiger partial charge in [0.1, 0.15) is 0 Å². The van der Waals surface area contributed by atoms with Crippen molar-refractivity contribution in [1.82, 2.24) is 0 Å². The zero-order valence-corrected chi connectivity index (χ0v) is 5.53. The Labute approximate surface area is 48.5 Å². The van der Waals surface area contributed by atoms with Crippen LogP contribution < -0.4 is 0 Å². The van der Waals surface area contributed by atoms with Crippen LogP contribution in [0, 0.1) is 0 Å². The van der Waals surface area contributed by atoms with Crippen molar-refractivity contribution in [3.05, 3.63) is 0 Å². The molecule has 0 spiro atoms. The fraction of sp³-hybridized carbons (Fsp3) is 1.00. The molecule has 0 aliphatic heterocycles. The van der Waals surface area contributed by atoms with Crippen molar-refractivity contribution >= 4 is 11.9 Å². The molecule has 0 aromatic rings. The molecule has 0 aliphatic carbocycles. The zero-order chi connectivity index (χ0) is 5.54. The number of nitrogens with zero attached hydrogens (tertiary/aromatic N) is 2. The molecule has 0 fully saturated rings.